The fraction of sp³-hybridized carbons (Fsp3) is 0.333. The lowest BCUT2D eigenvalue weighted by atomic mass is 9.72. The molecule has 2 aromatic carbocycles. The first-order valence-electron chi connectivity index (χ1n) is 9.07. The molecule has 3 aliphatic rings. The molecule has 5 rings (SSSR count). The Morgan fingerprint density at radius 3 is 2.89 bits per heavy atom. The van der Waals surface area contributed by atoms with Gasteiger partial charge in [-0.2, -0.15) is 5.26 Å². The zero-order chi connectivity index (χ0) is 18.4. The third kappa shape index (κ3) is 2.47. The van der Waals surface area contributed by atoms with Gasteiger partial charge in [-0.05, 0) is 35.4 Å². The van der Waals surface area contributed by atoms with E-state index in [2.05, 4.69) is 12.1 Å². The lowest BCUT2D eigenvalue weighted by molar-refractivity contribution is -0.0726. The van der Waals surface area contributed by atoms with E-state index in [0.717, 1.165) is 28.9 Å². The third-order valence-electron chi connectivity index (χ3n) is 5.71. The summed E-state index contributed by atoms with van der Waals surface area (Å²) in [5.74, 6) is 0.876. The predicted molar refractivity (Wildman–Crippen MR) is 99.2 cm³/mol. The van der Waals surface area contributed by atoms with Crippen molar-refractivity contribution in [3.05, 3.63) is 53.6 Å². The number of ether oxygens (including phenoxy) is 3. The fourth-order valence-electron chi connectivity index (χ4n) is 4.36. The van der Waals surface area contributed by atoms with Crippen LogP contribution in [0.1, 0.15) is 17.5 Å². The minimum atomic E-state index is -0.592. The first-order chi connectivity index (χ1) is 13.2. The zero-order valence-electron chi connectivity index (χ0n) is 14.7. The van der Waals surface area contributed by atoms with Gasteiger partial charge in [0.1, 0.15) is 24.0 Å². The van der Waals surface area contributed by atoms with E-state index in [1.807, 2.05) is 30.3 Å². The Morgan fingerprint density at radius 1 is 1.19 bits per heavy atom. The number of nitrogens with zero attached hydrogens (tertiary/aromatic N) is 2. The van der Waals surface area contributed by atoms with Gasteiger partial charge in [0.05, 0.1) is 30.8 Å². The number of amidine groups is 1. The summed E-state index contributed by atoms with van der Waals surface area (Å²) in [6.07, 6.45) is 0.866. The summed E-state index contributed by atoms with van der Waals surface area (Å²) in [5.41, 5.74) is 8.90. The standard InChI is InChI=1S/C21H19N3O3/c22-10-13-2-1-3-14(8-13)15-4-5-18-16(9-15)21(12-26-20(23)24-21)17-11-25-7-6-19(17)27-18/h1-5,8-9,17,19H,6-7,11-12H2,(H2,23,24)/t17-,19?,21?/m1/s1. The molecule has 2 aromatic rings. The highest BCUT2D eigenvalue weighted by Crippen LogP contribution is 2.50. The SMILES string of the molecule is N#Cc1cccc(-c2ccc3c(c2)C2(COC(N)=N2)[C@@H]2COCCC2O3)c1. The van der Waals surface area contributed by atoms with Crippen LogP contribution in [0.15, 0.2) is 47.5 Å². The molecule has 1 fully saturated rings. The second kappa shape index (κ2) is 6.00. The van der Waals surface area contributed by atoms with Crippen LogP contribution in [-0.2, 0) is 15.0 Å². The number of hydrogen-bond donors (Lipinski definition) is 1. The van der Waals surface area contributed by atoms with Crippen molar-refractivity contribution < 1.29 is 14.2 Å². The molecule has 3 aliphatic heterocycles. The quantitative estimate of drug-likeness (QED) is 0.843. The van der Waals surface area contributed by atoms with Gasteiger partial charge in [-0.15, -0.1) is 0 Å². The van der Waals surface area contributed by atoms with Crippen molar-refractivity contribution in [1.29, 1.82) is 5.26 Å². The number of aliphatic imine (C=N–C) groups is 1. The predicted octanol–water partition coefficient (Wildman–Crippen LogP) is 2.56. The molecule has 1 spiro atoms. The maximum Gasteiger partial charge on any atom is 0.283 e. The van der Waals surface area contributed by atoms with Gasteiger partial charge in [-0.1, -0.05) is 18.2 Å². The number of nitriles is 1. The maximum atomic E-state index is 9.19. The summed E-state index contributed by atoms with van der Waals surface area (Å²) >= 11 is 0. The molecule has 27 heavy (non-hydrogen) atoms. The van der Waals surface area contributed by atoms with Crippen molar-refractivity contribution in [2.45, 2.75) is 18.1 Å². The molecule has 0 radical (unpaired) electrons. The molecule has 2 unspecified atom stereocenters. The summed E-state index contributed by atoms with van der Waals surface area (Å²) in [7, 11) is 0. The van der Waals surface area contributed by atoms with Crippen LogP contribution < -0.4 is 10.5 Å². The summed E-state index contributed by atoms with van der Waals surface area (Å²) in [6.45, 7) is 1.64. The summed E-state index contributed by atoms with van der Waals surface area (Å²) in [5, 5.41) is 9.19. The van der Waals surface area contributed by atoms with E-state index in [4.69, 9.17) is 24.9 Å². The van der Waals surface area contributed by atoms with Crippen LogP contribution in [0.25, 0.3) is 11.1 Å². The molecule has 0 bridgehead atoms. The number of nitrogens with two attached hydrogens (primary N) is 1. The van der Waals surface area contributed by atoms with Crippen LogP contribution in [0.3, 0.4) is 0 Å². The molecule has 136 valence electrons. The van der Waals surface area contributed by atoms with Crippen LogP contribution >= 0.6 is 0 Å². The molecule has 3 atom stereocenters. The van der Waals surface area contributed by atoms with E-state index in [1.54, 1.807) is 6.07 Å². The van der Waals surface area contributed by atoms with E-state index in [1.165, 1.54) is 0 Å². The van der Waals surface area contributed by atoms with Crippen molar-refractivity contribution in [2.24, 2.45) is 16.6 Å². The highest BCUT2D eigenvalue weighted by molar-refractivity contribution is 5.75. The first-order valence-corrected chi connectivity index (χ1v) is 9.07. The van der Waals surface area contributed by atoms with Crippen LogP contribution in [0, 0.1) is 17.2 Å². The van der Waals surface area contributed by atoms with Crippen LogP contribution in [0.2, 0.25) is 0 Å². The van der Waals surface area contributed by atoms with E-state index in [-0.39, 0.29) is 18.0 Å². The van der Waals surface area contributed by atoms with E-state index in [0.29, 0.717) is 25.4 Å². The first kappa shape index (κ1) is 16.2. The van der Waals surface area contributed by atoms with Gasteiger partial charge in [-0.25, -0.2) is 4.99 Å². The van der Waals surface area contributed by atoms with E-state index < -0.39 is 5.54 Å². The van der Waals surface area contributed by atoms with Gasteiger partial charge in [-0.3, -0.25) is 0 Å². The Bertz CT molecular complexity index is 981. The average Bonchev–Trinajstić information content (AvgIpc) is 3.10. The maximum absolute atomic E-state index is 9.19. The lowest BCUT2D eigenvalue weighted by Gasteiger charge is -2.45. The van der Waals surface area contributed by atoms with Gasteiger partial charge in [0.2, 0.25) is 0 Å². The van der Waals surface area contributed by atoms with Crippen molar-refractivity contribution in [3.8, 4) is 22.9 Å². The molecule has 0 aliphatic carbocycles. The number of benzene rings is 2. The molecule has 3 heterocycles. The normalized spacial score (nSPS) is 28.3. The van der Waals surface area contributed by atoms with Gasteiger partial charge < -0.3 is 19.9 Å². The van der Waals surface area contributed by atoms with Crippen molar-refractivity contribution >= 4 is 6.02 Å². The number of rotatable bonds is 1. The molecule has 0 amide bonds. The van der Waals surface area contributed by atoms with Gasteiger partial charge in [0.25, 0.3) is 6.02 Å². The van der Waals surface area contributed by atoms with Gasteiger partial charge >= 0.3 is 0 Å². The zero-order valence-corrected chi connectivity index (χ0v) is 14.7. The molecular weight excluding hydrogens is 342 g/mol. The molecule has 2 N–H and O–H groups in total. The molecule has 0 saturated carbocycles. The topological polar surface area (TPSA) is 89.9 Å². The van der Waals surface area contributed by atoms with Gasteiger partial charge in [0.15, 0.2) is 0 Å². The van der Waals surface area contributed by atoms with Crippen molar-refractivity contribution in [1.82, 2.24) is 0 Å². The fourth-order valence-corrected chi connectivity index (χ4v) is 4.36. The van der Waals surface area contributed by atoms with E-state index in [9.17, 15) is 5.26 Å². The lowest BCUT2D eigenvalue weighted by Crippen LogP contribution is -2.52. The van der Waals surface area contributed by atoms with Gasteiger partial charge in [0, 0.05) is 12.0 Å². The second-order valence-electron chi connectivity index (χ2n) is 7.19. The second-order valence-corrected chi connectivity index (χ2v) is 7.19. The smallest absolute Gasteiger partial charge is 0.283 e. The summed E-state index contributed by atoms with van der Waals surface area (Å²) in [4.78, 5) is 4.73. The Balaban J connectivity index is 1.66. The molecule has 6 heteroatoms. The Morgan fingerprint density at radius 2 is 2.07 bits per heavy atom. The number of hydrogen-bond acceptors (Lipinski definition) is 6. The summed E-state index contributed by atoms with van der Waals surface area (Å²) in [6, 6.07) is 16.1. The molecule has 1 saturated heterocycles. The largest absolute Gasteiger partial charge is 0.489 e. The summed E-state index contributed by atoms with van der Waals surface area (Å²) < 4.78 is 17.6. The van der Waals surface area contributed by atoms with Crippen molar-refractivity contribution in [3.63, 3.8) is 0 Å². The minimum absolute atomic E-state index is 0.0391. The minimum Gasteiger partial charge on any atom is -0.489 e. The molecule has 0 aromatic heterocycles. The Kier molecular flexibility index (Phi) is 3.59. The Hall–Kier alpha value is -3.04. The highest BCUT2D eigenvalue weighted by atomic mass is 16.5. The van der Waals surface area contributed by atoms with Crippen LogP contribution in [0.4, 0.5) is 0 Å². The highest BCUT2D eigenvalue weighted by Gasteiger charge is 2.54. The molecule has 6 nitrogen and oxygen atoms in total. The Labute approximate surface area is 157 Å². The average molecular weight is 361 g/mol. The molecular formula is C21H19N3O3. The van der Waals surface area contributed by atoms with Crippen LogP contribution in [-0.4, -0.2) is 31.9 Å². The van der Waals surface area contributed by atoms with E-state index >= 15 is 0 Å². The van der Waals surface area contributed by atoms with Crippen molar-refractivity contribution in [2.75, 3.05) is 19.8 Å². The number of fused-ring (bicyclic) bond motifs is 4. The monoisotopic (exact) mass is 361 g/mol. The third-order valence-corrected chi connectivity index (χ3v) is 5.71. The van der Waals surface area contributed by atoms with Crippen LogP contribution in [0.5, 0.6) is 5.75 Å².